The molecule has 0 unspecified atom stereocenters. The third-order valence-electron chi connectivity index (χ3n) is 2.07. The van der Waals surface area contributed by atoms with Crippen molar-refractivity contribution in [3.63, 3.8) is 0 Å². The number of amides is 3. The van der Waals surface area contributed by atoms with Gasteiger partial charge < -0.3 is 10.4 Å². The van der Waals surface area contributed by atoms with Crippen molar-refractivity contribution in [3.8, 4) is 0 Å². The summed E-state index contributed by atoms with van der Waals surface area (Å²) in [7, 11) is 0. The normalized spacial score (nSPS) is 10.3. The van der Waals surface area contributed by atoms with Crippen LogP contribution >= 0.6 is 0 Å². The van der Waals surface area contributed by atoms with Crippen LogP contribution in [0.3, 0.4) is 0 Å². The van der Waals surface area contributed by atoms with E-state index >= 15 is 0 Å². The molecule has 0 aromatic heterocycles. The van der Waals surface area contributed by atoms with Crippen LogP contribution in [0.1, 0.15) is 5.56 Å². The molecule has 106 valence electrons. The molecule has 1 aromatic rings. The van der Waals surface area contributed by atoms with Crippen molar-refractivity contribution in [1.29, 1.82) is 0 Å². The molecule has 0 aliphatic heterocycles. The maximum Gasteiger partial charge on any atom is 0.328 e. The average molecular weight is 284 g/mol. The zero-order chi connectivity index (χ0) is 15.1. The number of halogens is 2. The van der Waals surface area contributed by atoms with Gasteiger partial charge in [0.2, 0.25) is 0 Å². The molecule has 0 aliphatic carbocycles. The van der Waals surface area contributed by atoms with E-state index in [9.17, 15) is 23.2 Å². The fraction of sp³-hybridized carbons (Fsp3) is 0.0833. The van der Waals surface area contributed by atoms with Crippen molar-refractivity contribution in [2.45, 2.75) is 6.54 Å². The van der Waals surface area contributed by atoms with Gasteiger partial charge in [-0.2, -0.15) is 0 Å². The summed E-state index contributed by atoms with van der Waals surface area (Å²) in [6, 6.07) is 1.90. The Hall–Kier alpha value is -2.77. The van der Waals surface area contributed by atoms with Gasteiger partial charge in [0.15, 0.2) is 0 Å². The van der Waals surface area contributed by atoms with Gasteiger partial charge in [-0.1, -0.05) is 6.07 Å². The molecule has 0 bridgehead atoms. The number of carbonyl (C=O) groups is 3. The number of urea groups is 1. The summed E-state index contributed by atoms with van der Waals surface area (Å²) in [6.45, 7) is -0.256. The molecule has 0 heterocycles. The molecule has 3 N–H and O–H groups in total. The second-order valence-corrected chi connectivity index (χ2v) is 3.58. The summed E-state index contributed by atoms with van der Waals surface area (Å²) in [4.78, 5) is 32.4. The predicted octanol–water partition coefficient (Wildman–Crippen LogP) is 0.931. The van der Waals surface area contributed by atoms with Crippen LogP contribution in [0, 0.1) is 11.6 Å². The number of imide groups is 1. The van der Waals surface area contributed by atoms with E-state index in [1.807, 2.05) is 0 Å². The van der Waals surface area contributed by atoms with Crippen molar-refractivity contribution in [2.75, 3.05) is 0 Å². The summed E-state index contributed by atoms with van der Waals surface area (Å²) in [5.41, 5.74) is 0.0371. The zero-order valence-electron chi connectivity index (χ0n) is 10.0. The summed E-state index contributed by atoms with van der Waals surface area (Å²) in [6.07, 6.45) is 1.21. The third kappa shape index (κ3) is 5.25. The summed E-state index contributed by atoms with van der Waals surface area (Å²) >= 11 is 0. The third-order valence-corrected chi connectivity index (χ3v) is 2.07. The van der Waals surface area contributed by atoms with E-state index in [1.54, 1.807) is 5.32 Å². The summed E-state index contributed by atoms with van der Waals surface area (Å²) < 4.78 is 25.8. The van der Waals surface area contributed by atoms with E-state index in [4.69, 9.17) is 5.11 Å². The Morgan fingerprint density at radius 1 is 1.20 bits per heavy atom. The molecule has 0 aliphatic rings. The highest BCUT2D eigenvalue weighted by molar-refractivity contribution is 6.02. The van der Waals surface area contributed by atoms with Crippen molar-refractivity contribution < 1.29 is 28.3 Å². The first kappa shape index (κ1) is 15.3. The largest absolute Gasteiger partial charge is 0.478 e. The van der Waals surface area contributed by atoms with Gasteiger partial charge in [0.25, 0.3) is 5.91 Å². The van der Waals surface area contributed by atoms with Crippen molar-refractivity contribution >= 4 is 17.9 Å². The fourth-order valence-corrected chi connectivity index (χ4v) is 1.19. The zero-order valence-corrected chi connectivity index (χ0v) is 10.0. The lowest BCUT2D eigenvalue weighted by Gasteiger charge is -2.06. The molecule has 0 atom stereocenters. The minimum absolute atomic E-state index is 0.0371. The molecule has 0 saturated heterocycles. The maximum atomic E-state index is 13.2. The first-order valence-corrected chi connectivity index (χ1v) is 5.32. The Bertz CT molecular complexity index is 573. The lowest BCUT2D eigenvalue weighted by Crippen LogP contribution is -2.38. The van der Waals surface area contributed by atoms with Gasteiger partial charge in [0.1, 0.15) is 11.6 Å². The van der Waals surface area contributed by atoms with Gasteiger partial charge in [-0.3, -0.25) is 10.1 Å². The second-order valence-electron chi connectivity index (χ2n) is 3.58. The van der Waals surface area contributed by atoms with E-state index in [0.717, 1.165) is 12.1 Å². The molecular weight excluding hydrogens is 274 g/mol. The van der Waals surface area contributed by atoms with Crippen molar-refractivity contribution in [1.82, 2.24) is 10.6 Å². The fourth-order valence-electron chi connectivity index (χ4n) is 1.19. The highest BCUT2D eigenvalue weighted by atomic mass is 19.1. The van der Waals surface area contributed by atoms with E-state index < -0.39 is 29.5 Å². The molecular formula is C12H10F2N2O4. The van der Waals surface area contributed by atoms with Crippen LogP contribution < -0.4 is 10.6 Å². The quantitative estimate of drug-likeness (QED) is 0.717. The summed E-state index contributed by atoms with van der Waals surface area (Å²) in [5.74, 6) is -3.86. The smallest absolute Gasteiger partial charge is 0.328 e. The number of nitrogens with one attached hydrogen (secondary N) is 2. The van der Waals surface area contributed by atoms with E-state index in [2.05, 4.69) is 5.32 Å². The predicted molar refractivity (Wildman–Crippen MR) is 63.5 cm³/mol. The van der Waals surface area contributed by atoms with E-state index in [0.29, 0.717) is 18.2 Å². The summed E-state index contributed by atoms with van der Waals surface area (Å²) in [5, 5.41) is 12.2. The minimum atomic E-state index is -1.34. The van der Waals surface area contributed by atoms with Crippen molar-refractivity contribution in [2.24, 2.45) is 0 Å². The number of hydrogen-bond acceptors (Lipinski definition) is 3. The molecule has 0 spiro atoms. The van der Waals surface area contributed by atoms with Gasteiger partial charge >= 0.3 is 12.0 Å². The van der Waals surface area contributed by atoms with Gasteiger partial charge in [-0.15, -0.1) is 0 Å². The minimum Gasteiger partial charge on any atom is -0.478 e. The van der Waals surface area contributed by atoms with Crippen LogP contribution in [0.25, 0.3) is 0 Å². The lowest BCUT2D eigenvalue weighted by atomic mass is 10.2. The molecule has 8 heteroatoms. The van der Waals surface area contributed by atoms with Gasteiger partial charge in [-0.25, -0.2) is 18.4 Å². The number of benzene rings is 1. The topological polar surface area (TPSA) is 95.5 Å². The van der Waals surface area contributed by atoms with Crippen LogP contribution in [0.15, 0.2) is 30.4 Å². The average Bonchev–Trinajstić information content (AvgIpc) is 2.35. The second kappa shape index (κ2) is 6.98. The number of carbonyl (C=O) groups excluding carboxylic acids is 2. The Morgan fingerprint density at radius 2 is 1.90 bits per heavy atom. The van der Waals surface area contributed by atoms with Crippen LogP contribution in [0.4, 0.5) is 13.6 Å². The lowest BCUT2D eigenvalue weighted by molar-refractivity contribution is -0.131. The highest BCUT2D eigenvalue weighted by Gasteiger charge is 2.07. The molecule has 20 heavy (non-hydrogen) atoms. The van der Waals surface area contributed by atoms with Gasteiger partial charge in [0, 0.05) is 30.3 Å². The van der Waals surface area contributed by atoms with Crippen LogP contribution in [-0.2, 0) is 16.1 Å². The van der Waals surface area contributed by atoms with Crippen LogP contribution in [0.5, 0.6) is 0 Å². The number of hydrogen-bond donors (Lipinski definition) is 3. The van der Waals surface area contributed by atoms with E-state index in [-0.39, 0.29) is 12.1 Å². The number of rotatable bonds is 4. The molecule has 0 fully saturated rings. The van der Waals surface area contributed by atoms with Crippen LogP contribution in [0.2, 0.25) is 0 Å². The monoisotopic (exact) mass is 284 g/mol. The van der Waals surface area contributed by atoms with Gasteiger partial charge in [0.05, 0.1) is 0 Å². The first-order chi connectivity index (χ1) is 9.38. The Morgan fingerprint density at radius 3 is 2.50 bits per heavy atom. The highest BCUT2D eigenvalue weighted by Crippen LogP contribution is 2.08. The standard InChI is InChI=1S/C12H10F2N2O4/c13-8-2-1-7(9(14)5-8)6-15-12(20)16-10(17)3-4-11(18)19/h1-5H,6H2,(H,18,19)(H2,15,16,17,20). The van der Waals surface area contributed by atoms with Crippen LogP contribution in [-0.4, -0.2) is 23.0 Å². The molecule has 6 nitrogen and oxygen atoms in total. The van der Waals surface area contributed by atoms with Crippen molar-refractivity contribution in [3.05, 3.63) is 47.5 Å². The number of carboxylic acids is 1. The number of aliphatic carboxylic acids is 1. The first-order valence-electron chi connectivity index (χ1n) is 5.32. The molecule has 3 amide bonds. The molecule has 0 radical (unpaired) electrons. The molecule has 1 aromatic carbocycles. The number of carboxylic acid groups (broad SMARTS) is 1. The SMILES string of the molecule is O=C(O)C=CC(=O)NC(=O)NCc1ccc(F)cc1F. The molecule has 0 saturated carbocycles. The Kier molecular flexibility index (Phi) is 5.33. The molecule has 1 rings (SSSR count). The van der Waals surface area contributed by atoms with Gasteiger partial charge in [-0.05, 0) is 6.07 Å². The Labute approximate surface area is 112 Å². The Balaban J connectivity index is 2.47. The maximum absolute atomic E-state index is 13.2. The van der Waals surface area contributed by atoms with E-state index in [1.165, 1.54) is 0 Å².